The molecule has 0 radical (unpaired) electrons. The first kappa shape index (κ1) is 11.1. The largest absolute Gasteiger partial charge is 0.299 e. The van der Waals surface area contributed by atoms with Crippen LogP contribution >= 0.6 is 0 Å². The summed E-state index contributed by atoms with van der Waals surface area (Å²) >= 11 is 0. The number of hydrogen-bond donors (Lipinski definition) is 0. The van der Waals surface area contributed by atoms with Crippen molar-refractivity contribution in [3.63, 3.8) is 0 Å². The number of carbonyl (C=O) groups excluding carboxylic acids is 2. The van der Waals surface area contributed by atoms with Gasteiger partial charge in [0.1, 0.15) is 11.6 Å². The van der Waals surface area contributed by atoms with E-state index in [0.717, 1.165) is 6.42 Å². The molecule has 0 atom stereocenters. The molecule has 2 nitrogen and oxygen atoms in total. The molecular weight excluding hydrogens is 152 g/mol. The zero-order chi connectivity index (χ0) is 9.40. The van der Waals surface area contributed by atoms with E-state index in [1.807, 2.05) is 19.9 Å². The van der Waals surface area contributed by atoms with Crippen molar-refractivity contribution in [2.45, 2.75) is 39.5 Å². The van der Waals surface area contributed by atoms with E-state index in [0.29, 0.717) is 12.8 Å². The Balaban J connectivity index is 3.61. The standard InChI is InChI=1S/C10H16O2/c1-3-5-7-10(12)8-9(11)6-4-2/h3,5H,4,6-8H2,1-2H3/b5-3+. The average molecular weight is 168 g/mol. The monoisotopic (exact) mass is 168 g/mol. The lowest BCUT2D eigenvalue weighted by atomic mass is 10.1. The van der Waals surface area contributed by atoms with Crippen LogP contribution in [0.4, 0.5) is 0 Å². The van der Waals surface area contributed by atoms with E-state index in [4.69, 9.17) is 0 Å². The number of rotatable bonds is 6. The second-order valence-electron chi connectivity index (χ2n) is 2.78. The van der Waals surface area contributed by atoms with Gasteiger partial charge in [-0.3, -0.25) is 9.59 Å². The molecule has 0 unspecified atom stereocenters. The molecule has 0 spiro atoms. The summed E-state index contributed by atoms with van der Waals surface area (Å²) in [5, 5.41) is 0. The number of allylic oxidation sites excluding steroid dienone is 2. The van der Waals surface area contributed by atoms with Crippen molar-refractivity contribution in [1.82, 2.24) is 0 Å². The predicted octanol–water partition coefficient (Wildman–Crippen LogP) is 2.28. The van der Waals surface area contributed by atoms with Crippen molar-refractivity contribution < 1.29 is 9.59 Å². The molecule has 0 aliphatic carbocycles. The molecule has 0 saturated carbocycles. The SMILES string of the molecule is C/C=C/CC(=O)CC(=O)CCC. The highest BCUT2D eigenvalue weighted by atomic mass is 16.1. The van der Waals surface area contributed by atoms with Crippen LogP contribution in [0.2, 0.25) is 0 Å². The molecule has 0 heterocycles. The minimum absolute atomic E-state index is 0.0200. The first-order chi connectivity index (χ1) is 5.70. The molecule has 0 saturated heterocycles. The fourth-order valence-electron chi connectivity index (χ4n) is 0.909. The van der Waals surface area contributed by atoms with Crippen molar-refractivity contribution in [1.29, 1.82) is 0 Å². The van der Waals surface area contributed by atoms with Gasteiger partial charge in [-0.1, -0.05) is 19.1 Å². The van der Waals surface area contributed by atoms with Gasteiger partial charge in [-0.05, 0) is 13.3 Å². The van der Waals surface area contributed by atoms with E-state index in [2.05, 4.69) is 0 Å². The van der Waals surface area contributed by atoms with Crippen molar-refractivity contribution >= 4 is 11.6 Å². The van der Waals surface area contributed by atoms with E-state index >= 15 is 0 Å². The van der Waals surface area contributed by atoms with Gasteiger partial charge in [0, 0.05) is 12.8 Å². The van der Waals surface area contributed by atoms with Gasteiger partial charge in [0.25, 0.3) is 0 Å². The lowest BCUT2D eigenvalue weighted by Crippen LogP contribution is -2.05. The fourth-order valence-corrected chi connectivity index (χ4v) is 0.909. The van der Waals surface area contributed by atoms with Crippen LogP contribution in [0.15, 0.2) is 12.2 Å². The Kier molecular flexibility index (Phi) is 6.25. The van der Waals surface area contributed by atoms with Crippen LogP contribution in [0.25, 0.3) is 0 Å². The highest BCUT2D eigenvalue weighted by molar-refractivity contribution is 5.99. The van der Waals surface area contributed by atoms with Crippen LogP contribution < -0.4 is 0 Å². The topological polar surface area (TPSA) is 34.1 Å². The van der Waals surface area contributed by atoms with Crippen LogP contribution in [0, 0.1) is 0 Å². The number of ketones is 2. The van der Waals surface area contributed by atoms with Crippen molar-refractivity contribution in [3.05, 3.63) is 12.2 Å². The Morgan fingerprint density at radius 1 is 1.25 bits per heavy atom. The Labute approximate surface area is 73.7 Å². The third-order valence-electron chi connectivity index (χ3n) is 1.50. The quantitative estimate of drug-likeness (QED) is 0.450. The average Bonchev–Trinajstić information content (AvgIpc) is 2.01. The molecule has 2 heteroatoms. The van der Waals surface area contributed by atoms with Gasteiger partial charge in [0.2, 0.25) is 0 Å². The molecule has 0 fully saturated rings. The molecule has 0 rings (SSSR count). The van der Waals surface area contributed by atoms with Crippen molar-refractivity contribution in [2.75, 3.05) is 0 Å². The summed E-state index contributed by atoms with van der Waals surface area (Å²) in [6.07, 6.45) is 5.46. The molecular formula is C10H16O2. The van der Waals surface area contributed by atoms with E-state index in [9.17, 15) is 9.59 Å². The summed E-state index contributed by atoms with van der Waals surface area (Å²) in [7, 11) is 0. The van der Waals surface area contributed by atoms with Gasteiger partial charge in [-0.15, -0.1) is 0 Å². The number of Topliss-reactive ketones (excluding diaryl/α,β-unsaturated/α-hetero) is 2. The third-order valence-corrected chi connectivity index (χ3v) is 1.50. The zero-order valence-corrected chi connectivity index (χ0v) is 7.80. The predicted molar refractivity (Wildman–Crippen MR) is 49.0 cm³/mol. The van der Waals surface area contributed by atoms with Gasteiger partial charge < -0.3 is 0 Å². The van der Waals surface area contributed by atoms with Crippen molar-refractivity contribution in [2.24, 2.45) is 0 Å². The molecule has 0 aliphatic heterocycles. The second-order valence-corrected chi connectivity index (χ2v) is 2.78. The van der Waals surface area contributed by atoms with Crippen molar-refractivity contribution in [3.8, 4) is 0 Å². The summed E-state index contributed by atoms with van der Waals surface area (Å²) in [5.41, 5.74) is 0. The molecule has 12 heavy (non-hydrogen) atoms. The minimum atomic E-state index is 0.0200. The maximum Gasteiger partial charge on any atom is 0.143 e. The molecule has 0 aromatic carbocycles. The number of hydrogen-bond acceptors (Lipinski definition) is 2. The first-order valence-electron chi connectivity index (χ1n) is 4.35. The van der Waals surface area contributed by atoms with Crippen LogP contribution in [0.1, 0.15) is 39.5 Å². The van der Waals surface area contributed by atoms with Gasteiger partial charge in [0.05, 0.1) is 6.42 Å². The maximum atomic E-state index is 11.0. The first-order valence-corrected chi connectivity index (χ1v) is 4.35. The Hall–Kier alpha value is -0.920. The van der Waals surface area contributed by atoms with Gasteiger partial charge in [0.15, 0.2) is 0 Å². The lowest BCUT2D eigenvalue weighted by Gasteiger charge is -1.95. The maximum absolute atomic E-state index is 11.0. The Bertz CT molecular complexity index is 180. The Morgan fingerprint density at radius 2 is 1.92 bits per heavy atom. The molecule has 0 amide bonds. The smallest absolute Gasteiger partial charge is 0.143 e. The summed E-state index contributed by atoms with van der Waals surface area (Å²) in [5.74, 6) is 0.0820. The van der Waals surface area contributed by atoms with Gasteiger partial charge in [-0.25, -0.2) is 0 Å². The molecule has 0 N–H and O–H groups in total. The molecule has 0 aromatic heterocycles. The van der Waals surface area contributed by atoms with E-state index in [-0.39, 0.29) is 18.0 Å². The molecule has 68 valence electrons. The van der Waals surface area contributed by atoms with E-state index in [1.54, 1.807) is 6.08 Å². The number of carbonyl (C=O) groups is 2. The highest BCUT2D eigenvalue weighted by Crippen LogP contribution is 1.98. The van der Waals surface area contributed by atoms with Crippen LogP contribution in [-0.4, -0.2) is 11.6 Å². The molecule has 0 aromatic rings. The minimum Gasteiger partial charge on any atom is -0.299 e. The van der Waals surface area contributed by atoms with E-state index < -0.39 is 0 Å². The van der Waals surface area contributed by atoms with Gasteiger partial charge in [-0.2, -0.15) is 0 Å². The normalized spacial score (nSPS) is 10.5. The van der Waals surface area contributed by atoms with Gasteiger partial charge >= 0.3 is 0 Å². The van der Waals surface area contributed by atoms with Crippen LogP contribution in [0.3, 0.4) is 0 Å². The summed E-state index contributed by atoms with van der Waals surface area (Å²) in [6, 6.07) is 0. The summed E-state index contributed by atoms with van der Waals surface area (Å²) in [4.78, 5) is 22.0. The molecule has 0 aliphatic rings. The zero-order valence-electron chi connectivity index (χ0n) is 7.80. The van der Waals surface area contributed by atoms with E-state index in [1.165, 1.54) is 0 Å². The highest BCUT2D eigenvalue weighted by Gasteiger charge is 2.06. The molecule has 0 bridgehead atoms. The van der Waals surface area contributed by atoms with Crippen LogP contribution in [0.5, 0.6) is 0 Å². The fraction of sp³-hybridized carbons (Fsp3) is 0.600. The Morgan fingerprint density at radius 3 is 2.42 bits per heavy atom. The van der Waals surface area contributed by atoms with Crippen LogP contribution in [-0.2, 0) is 9.59 Å². The lowest BCUT2D eigenvalue weighted by molar-refractivity contribution is -0.126. The third kappa shape index (κ3) is 5.83. The second kappa shape index (κ2) is 6.77. The summed E-state index contributed by atoms with van der Waals surface area (Å²) in [6.45, 7) is 3.80. The summed E-state index contributed by atoms with van der Waals surface area (Å²) < 4.78 is 0.